The molecule has 0 aromatic heterocycles. The highest BCUT2D eigenvalue weighted by molar-refractivity contribution is 5.57. The van der Waals surface area contributed by atoms with Crippen LogP contribution in [-0.4, -0.2) is 29.2 Å². The lowest BCUT2D eigenvalue weighted by Crippen LogP contribution is -2.21. The summed E-state index contributed by atoms with van der Waals surface area (Å²) in [6, 6.07) is 5.19. The van der Waals surface area contributed by atoms with Gasteiger partial charge in [-0.15, -0.1) is 0 Å². The van der Waals surface area contributed by atoms with Crippen LogP contribution in [0.15, 0.2) is 18.2 Å². The lowest BCUT2D eigenvalue weighted by atomic mass is 10.2. The number of aliphatic hydroxyl groups is 1. The van der Waals surface area contributed by atoms with Gasteiger partial charge in [-0.25, -0.2) is 0 Å². The molecule has 1 aliphatic rings. The molecule has 1 N–H and O–H groups in total. The van der Waals surface area contributed by atoms with Crippen molar-refractivity contribution in [3.8, 4) is 0 Å². The SMILES string of the molecule is Cc1ccc(N2CC[C@H](O)C2)cc1[N+](=O)[O-]. The Bertz CT molecular complexity index is 420. The van der Waals surface area contributed by atoms with E-state index < -0.39 is 0 Å². The summed E-state index contributed by atoms with van der Waals surface area (Å²) in [7, 11) is 0. The second kappa shape index (κ2) is 4.09. The van der Waals surface area contributed by atoms with Gasteiger partial charge in [-0.2, -0.15) is 0 Å². The molecule has 0 bridgehead atoms. The van der Waals surface area contributed by atoms with Gasteiger partial charge in [0.2, 0.25) is 0 Å². The van der Waals surface area contributed by atoms with E-state index >= 15 is 0 Å². The van der Waals surface area contributed by atoms with Gasteiger partial charge in [0, 0.05) is 30.4 Å². The Hall–Kier alpha value is -1.62. The first-order valence-corrected chi connectivity index (χ1v) is 5.26. The van der Waals surface area contributed by atoms with Crippen LogP contribution in [0.4, 0.5) is 11.4 Å². The zero-order chi connectivity index (χ0) is 11.7. The molecule has 1 saturated heterocycles. The summed E-state index contributed by atoms with van der Waals surface area (Å²) in [5.74, 6) is 0. The zero-order valence-corrected chi connectivity index (χ0v) is 9.09. The first-order valence-electron chi connectivity index (χ1n) is 5.26. The first kappa shape index (κ1) is 10.9. The molecule has 0 spiro atoms. The molecular weight excluding hydrogens is 208 g/mol. The van der Waals surface area contributed by atoms with E-state index in [0.29, 0.717) is 12.1 Å². The molecule has 1 aliphatic heterocycles. The number of nitrogens with zero attached hydrogens (tertiary/aromatic N) is 2. The molecule has 0 radical (unpaired) electrons. The van der Waals surface area contributed by atoms with Crippen LogP contribution in [-0.2, 0) is 0 Å². The van der Waals surface area contributed by atoms with E-state index in [1.807, 2.05) is 11.0 Å². The summed E-state index contributed by atoms with van der Waals surface area (Å²) in [6.45, 7) is 3.03. The van der Waals surface area contributed by atoms with Crippen molar-refractivity contribution in [3.63, 3.8) is 0 Å². The van der Waals surface area contributed by atoms with E-state index in [1.165, 1.54) is 0 Å². The summed E-state index contributed by atoms with van der Waals surface area (Å²) < 4.78 is 0. The highest BCUT2D eigenvalue weighted by atomic mass is 16.6. The minimum atomic E-state index is -0.370. The van der Waals surface area contributed by atoms with E-state index in [2.05, 4.69) is 0 Å². The third kappa shape index (κ3) is 1.99. The number of aryl methyl sites for hydroxylation is 1. The first-order chi connectivity index (χ1) is 7.58. The van der Waals surface area contributed by atoms with Crippen molar-refractivity contribution in [2.45, 2.75) is 19.4 Å². The summed E-state index contributed by atoms with van der Waals surface area (Å²) in [5.41, 5.74) is 1.61. The van der Waals surface area contributed by atoms with Crippen LogP contribution >= 0.6 is 0 Å². The average Bonchev–Trinajstić information content (AvgIpc) is 2.65. The van der Waals surface area contributed by atoms with Gasteiger partial charge in [-0.3, -0.25) is 10.1 Å². The molecule has 2 rings (SSSR count). The molecule has 0 amide bonds. The van der Waals surface area contributed by atoms with Crippen molar-refractivity contribution in [2.75, 3.05) is 18.0 Å². The highest BCUT2D eigenvalue weighted by Gasteiger charge is 2.22. The van der Waals surface area contributed by atoms with Crippen LogP contribution in [0.25, 0.3) is 0 Å². The van der Waals surface area contributed by atoms with Crippen molar-refractivity contribution in [1.82, 2.24) is 0 Å². The molecule has 5 heteroatoms. The monoisotopic (exact) mass is 222 g/mol. The molecule has 0 saturated carbocycles. The molecule has 0 aliphatic carbocycles. The van der Waals surface area contributed by atoms with Gasteiger partial charge >= 0.3 is 0 Å². The van der Waals surface area contributed by atoms with E-state index in [4.69, 9.17) is 0 Å². The van der Waals surface area contributed by atoms with Gasteiger partial charge in [0.25, 0.3) is 5.69 Å². The van der Waals surface area contributed by atoms with Crippen LogP contribution < -0.4 is 4.90 Å². The lowest BCUT2D eigenvalue weighted by molar-refractivity contribution is -0.385. The predicted octanol–water partition coefficient (Wildman–Crippen LogP) is 1.47. The maximum atomic E-state index is 10.8. The number of aliphatic hydroxyl groups excluding tert-OH is 1. The summed E-state index contributed by atoms with van der Waals surface area (Å²) in [5, 5.41) is 20.2. The van der Waals surface area contributed by atoms with E-state index in [-0.39, 0.29) is 16.7 Å². The number of benzene rings is 1. The third-order valence-electron chi connectivity index (χ3n) is 2.92. The number of anilines is 1. The van der Waals surface area contributed by atoms with E-state index in [0.717, 1.165) is 18.7 Å². The summed E-state index contributed by atoms with van der Waals surface area (Å²) >= 11 is 0. The molecule has 0 unspecified atom stereocenters. The van der Waals surface area contributed by atoms with Gasteiger partial charge < -0.3 is 10.0 Å². The average molecular weight is 222 g/mol. The second-order valence-electron chi connectivity index (χ2n) is 4.12. The Morgan fingerprint density at radius 1 is 1.56 bits per heavy atom. The van der Waals surface area contributed by atoms with Crippen LogP contribution in [0, 0.1) is 17.0 Å². The smallest absolute Gasteiger partial charge is 0.274 e. The number of hydrogen-bond acceptors (Lipinski definition) is 4. The quantitative estimate of drug-likeness (QED) is 0.608. The number of nitro groups is 1. The molecule has 1 aromatic carbocycles. The molecule has 86 valence electrons. The predicted molar refractivity (Wildman–Crippen MR) is 60.7 cm³/mol. The Balaban J connectivity index is 2.29. The number of hydrogen-bond donors (Lipinski definition) is 1. The lowest BCUT2D eigenvalue weighted by Gasteiger charge is -2.17. The highest BCUT2D eigenvalue weighted by Crippen LogP contribution is 2.27. The van der Waals surface area contributed by atoms with Crippen molar-refractivity contribution in [3.05, 3.63) is 33.9 Å². The number of β-amino-alcohol motifs (C(OH)–C–C–N with tert-alkyl or cyclic N) is 1. The maximum Gasteiger partial charge on any atom is 0.274 e. The Labute approximate surface area is 93.5 Å². The Kier molecular flexibility index (Phi) is 2.78. The molecule has 1 fully saturated rings. The minimum Gasteiger partial charge on any atom is -0.391 e. The summed E-state index contributed by atoms with van der Waals surface area (Å²) in [6.07, 6.45) is 0.405. The fraction of sp³-hybridized carbons (Fsp3) is 0.455. The molecule has 5 nitrogen and oxygen atoms in total. The van der Waals surface area contributed by atoms with Crippen molar-refractivity contribution in [2.24, 2.45) is 0 Å². The third-order valence-corrected chi connectivity index (χ3v) is 2.92. The largest absolute Gasteiger partial charge is 0.391 e. The van der Waals surface area contributed by atoms with Crippen LogP contribution in [0.1, 0.15) is 12.0 Å². The van der Waals surface area contributed by atoms with E-state index in [9.17, 15) is 15.2 Å². The second-order valence-corrected chi connectivity index (χ2v) is 4.12. The zero-order valence-electron chi connectivity index (χ0n) is 9.09. The molecule has 16 heavy (non-hydrogen) atoms. The van der Waals surface area contributed by atoms with Crippen molar-refractivity contribution in [1.29, 1.82) is 0 Å². The van der Waals surface area contributed by atoms with Crippen molar-refractivity contribution >= 4 is 11.4 Å². The fourth-order valence-corrected chi connectivity index (χ4v) is 1.97. The Morgan fingerprint density at radius 3 is 2.88 bits per heavy atom. The normalized spacial score (nSPS) is 20.1. The summed E-state index contributed by atoms with van der Waals surface area (Å²) in [4.78, 5) is 12.4. The molecule has 1 atom stereocenters. The molecule has 1 heterocycles. The minimum absolute atomic E-state index is 0.138. The van der Waals surface area contributed by atoms with Gasteiger partial charge in [0.1, 0.15) is 0 Å². The topological polar surface area (TPSA) is 66.6 Å². The maximum absolute atomic E-state index is 10.8. The molecule has 1 aromatic rings. The number of rotatable bonds is 2. The van der Waals surface area contributed by atoms with Crippen molar-refractivity contribution < 1.29 is 10.0 Å². The van der Waals surface area contributed by atoms with Crippen LogP contribution in [0.5, 0.6) is 0 Å². The number of nitro benzene ring substituents is 1. The standard InChI is InChI=1S/C11H14N2O3/c1-8-2-3-9(6-11(8)13(15)16)12-5-4-10(14)7-12/h2-3,6,10,14H,4-5,7H2,1H3/t10-/m0/s1. The van der Waals surface area contributed by atoms with Crippen LogP contribution in [0.2, 0.25) is 0 Å². The fourth-order valence-electron chi connectivity index (χ4n) is 1.97. The Morgan fingerprint density at radius 2 is 2.31 bits per heavy atom. The van der Waals surface area contributed by atoms with Gasteiger partial charge in [0.05, 0.1) is 11.0 Å². The van der Waals surface area contributed by atoms with Gasteiger partial charge in [0.15, 0.2) is 0 Å². The van der Waals surface area contributed by atoms with E-state index in [1.54, 1.807) is 19.1 Å². The van der Waals surface area contributed by atoms with Gasteiger partial charge in [-0.05, 0) is 19.4 Å². The van der Waals surface area contributed by atoms with Crippen LogP contribution in [0.3, 0.4) is 0 Å². The van der Waals surface area contributed by atoms with Gasteiger partial charge in [-0.1, -0.05) is 6.07 Å². The molecular formula is C11H14N2O3.